The third-order valence-corrected chi connectivity index (χ3v) is 3.52. The number of benzene rings is 1. The Bertz CT molecular complexity index is 461. The molecule has 0 aromatic heterocycles. The van der Waals surface area contributed by atoms with Crippen molar-refractivity contribution in [3.05, 3.63) is 35.9 Å². The topological polar surface area (TPSA) is 69.6 Å². The van der Waals surface area contributed by atoms with Crippen molar-refractivity contribution in [2.75, 3.05) is 13.1 Å². The van der Waals surface area contributed by atoms with Crippen molar-refractivity contribution in [3.8, 4) is 0 Å². The molecular weight excluding hydrogens is 244 g/mol. The van der Waals surface area contributed by atoms with Crippen LogP contribution < -0.4 is 5.32 Å². The van der Waals surface area contributed by atoms with Gasteiger partial charge in [0.05, 0.1) is 13.0 Å². The Morgan fingerprint density at radius 3 is 2.79 bits per heavy atom. The Labute approximate surface area is 112 Å². The fourth-order valence-corrected chi connectivity index (χ4v) is 2.47. The van der Waals surface area contributed by atoms with Crippen molar-refractivity contribution < 1.29 is 14.7 Å². The Morgan fingerprint density at radius 2 is 2.16 bits per heavy atom. The molecule has 1 aromatic rings. The number of carboxylic acid groups (broad SMARTS) is 1. The molecule has 1 saturated heterocycles. The number of carbonyl (C=O) groups excluding carboxylic acids is 1. The SMILES string of the molecule is CC(c1ccccc1)N1CC(=O)NCC1CC(=O)O. The fraction of sp³-hybridized carbons (Fsp3) is 0.429. The van der Waals surface area contributed by atoms with E-state index < -0.39 is 5.97 Å². The van der Waals surface area contributed by atoms with Crippen LogP contribution in [0.5, 0.6) is 0 Å². The monoisotopic (exact) mass is 262 g/mol. The summed E-state index contributed by atoms with van der Waals surface area (Å²) in [6, 6.07) is 9.68. The molecule has 5 heteroatoms. The number of aliphatic carboxylic acids is 1. The van der Waals surface area contributed by atoms with E-state index in [4.69, 9.17) is 5.11 Å². The van der Waals surface area contributed by atoms with E-state index in [1.54, 1.807) is 0 Å². The molecule has 2 atom stereocenters. The van der Waals surface area contributed by atoms with E-state index in [9.17, 15) is 9.59 Å². The Morgan fingerprint density at radius 1 is 1.47 bits per heavy atom. The Hall–Kier alpha value is -1.88. The number of carbonyl (C=O) groups is 2. The molecule has 2 rings (SSSR count). The second-order valence-corrected chi connectivity index (χ2v) is 4.81. The lowest BCUT2D eigenvalue weighted by Gasteiger charge is -2.39. The first kappa shape index (κ1) is 13.5. The summed E-state index contributed by atoms with van der Waals surface area (Å²) >= 11 is 0. The van der Waals surface area contributed by atoms with Crippen molar-refractivity contribution in [1.82, 2.24) is 10.2 Å². The number of hydrogen-bond donors (Lipinski definition) is 2. The second-order valence-electron chi connectivity index (χ2n) is 4.81. The van der Waals surface area contributed by atoms with Crippen molar-refractivity contribution in [1.29, 1.82) is 0 Å². The van der Waals surface area contributed by atoms with Gasteiger partial charge >= 0.3 is 5.97 Å². The molecule has 1 aliphatic heterocycles. The zero-order valence-electron chi connectivity index (χ0n) is 10.9. The molecule has 5 nitrogen and oxygen atoms in total. The van der Waals surface area contributed by atoms with E-state index in [0.29, 0.717) is 6.54 Å². The maximum absolute atomic E-state index is 11.5. The minimum absolute atomic E-state index is 0.0246. The lowest BCUT2D eigenvalue weighted by Crippen LogP contribution is -2.55. The zero-order chi connectivity index (χ0) is 13.8. The van der Waals surface area contributed by atoms with Crippen molar-refractivity contribution >= 4 is 11.9 Å². The molecule has 1 amide bonds. The van der Waals surface area contributed by atoms with Crippen LogP contribution in [-0.4, -0.2) is 41.0 Å². The van der Waals surface area contributed by atoms with Gasteiger partial charge in [0.2, 0.25) is 5.91 Å². The lowest BCUT2D eigenvalue weighted by atomic mass is 10.0. The van der Waals surface area contributed by atoms with E-state index in [1.807, 2.05) is 42.2 Å². The molecule has 19 heavy (non-hydrogen) atoms. The molecule has 0 radical (unpaired) electrons. The summed E-state index contributed by atoms with van der Waals surface area (Å²) in [5.41, 5.74) is 1.09. The minimum Gasteiger partial charge on any atom is -0.481 e. The van der Waals surface area contributed by atoms with Crippen LogP contribution in [0.3, 0.4) is 0 Å². The van der Waals surface area contributed by atoms with Gasteiger partial charge in [-0.3, -0.25) is 14.5 Å². The standard InChI is InChI=1S/C14H18N2O3/c1-10(11-5-3-2-4-6-11)16-9-13(17)15-8-12(16)7-14(18)19/h2-6,10,12H,7-9H2,1H3,(H,15,17)(H,18,19). The van der Waals surface area contributed by atoms with Gasteiger partial charge in [0, 0.05) is 18.6 Å². The summed E-state index contributed by atoms with van der Waals surface area (Å²) in [5.74, 6) is -0.893. The third-order valence-electron chi connectivity index (χ3n) is 3.52. The number of hydrogen-bond acceptors (Lipinski definition) is 3. The normalized spacial score (nSPS) is 21.7. The smallest absolute Gasteiger partial charge is 0.305 e. The van der Waals surface area contributed by atoms with E-state index >= 15 is 0 Å². The first-order chi connectivity index (χ1) is 9.08. The quantitative estimate of drug-likeness (QED) is 0.850. The van der Waals surface area contributed by atoms with Gasteiger partial charge < -0.3 is 10.4 Å². The van der Waals surface area contributed by atoms with E-state index in [0.717, 1.165) is 5.56 Å². The summed E-state index contributed by atoms with van der Waals surface area (Å²) in [4.78, 5) is 24.4. The minimum atomic E-state index is -0.841. The molecule has 1 heterocycles. The molecule has 102 valence electrons. The second kappa shape index (κ2) is 5.84. The highest BCUT2D eigenvalue weighted by molar-refractivity contribution is 5.79. The molecule has 1 fully saturated rings. The van der Waals surface area contributed by atoms with Gasteiger partial charge in [-0.2, -0.15) is 0 Å². The van der Waals surface area contributed by atoms with Crippen LogP contribution >= 0.6 is 0 Å². The van der Waals surface area contributed by atoms with Crippen molar-refractivity contribution in [2.24, 2.45) is 0 Å². The molecule has 1 aromatic carbocycles. The molecule has 0 spiro atoms. The van der Waals surface area contributed by atoms with Crippen LogP contribution in [0.2, 0.25) is 0 Å². The molecule has 2 unspecified atom stereocenters. The highest BCUT2D eigenvalue weighted by atomic mass is 16.4. The van der Waals surface area contributed by atoms with Crippen molar-refractivity contribution in [3.63, 3.8) is 0 Å². The van der Waals surface area contributed by atoms with Gasteiger partial charge in [-0.25, -0.2) is 0 Å². The van der Waals surface area contributed by atoms with Crippen LogP contribution in [-0.2, 0) is 9.59 Å². The van der Waals surface area contributed by atoms with Gasteiger partial charge in [0.15, 0.2) is 0 Å². The molecule has 1 aliphatic rings. The average Bonchev–Trinajstić information content (AvgIpc) is 2.40. The summed E-state index contributed by atoms with van der Waals surface area (Å²) < 4.78 is 0. The maximum atomic E-state index is 11.5. The maximum Gasteiger partial charge on any atom is 0.305 e. The average molecular weight is 262 g/mol. The number of nitrogens with one attached hydrogen (secondary N) is 1. The zero-order valence-corrected chi connectivity index (χ0v) is 10.9. The highest BCUT2D eigenvalue weighted by Crippen LogP contribution is 2.24. The van der Waals surface area contributed by atoms with Crippen LogP contribution in [0.1, 0.15) is 24.9 Å². The summed E-state index contributed by atoms with van der Waals surface area (Å²) in [6.45, 7) is 2.64. The van der Waals surface area contributed by atoms with Gasteiger partial charge in [-0.1, -0.05) is 30.3 Å². The van der Waals surface area contributed by atoms with Crippen LogP contribution in [0.15, 0.2) is 30.3 Å². The molecular formula is C14H18N2O3. The van der Waals surface area contributed by atoms with E-state index in [1.165, 1.54) is 0 Å². The van der Waals surface area contributed by atoms with E-state index in [-0.39, 0.29) is 31.0 Å². The van der Waals surface area contributed by atoms with Crippen molar-refractivity contribution in [2.45, 2.75) is 25.4 Å². The Balaban J connectivity index is 2.17. The van der Waals surface area contributed by atoms with Gasteiger partial charge in [0.25, 0.3) is 0 Å². The predicted molar refractivity (Wildman–Crippen MR) is 70.6 cm³/mol. The van der Waals surface area contributed by atoms with Gasteiger partial charge in [-0.15, -0.1) is 0 Å². The molecule has 0 bridgehead atoms. The summed E-state index contributed by atoms with van der Waals surface area (Å²) in [5, 5.41) is 11.7. The lowest BCUT2D eigenvalue weighted by molar-refractivity contribution is -0.140. The highest BCUT2D eigenvalue weighted by Gasteiger charge is 2.31. The number of amides is 1. The van der Waals surface area contributed by atoms with Gasteiger partial charge in [-0.05, 0) is 12.5 Å². The predicted octanol–water partition coefficient (Wildman–Crippen LogP) is 1.02. The summed E-state index contributed by atoms with van der Waals surface area (Å²) in [7, 11) is 0. The molecule has 0 saturated carbocycles. The van der Waals surface area contributed by atoms with Crippen LogP contribution in [0.4, 0.5) is 0 Å². The largest absolute Gasteiger partial charge is 0.481 e. The van der Waals surface area contributed by atoms with E-state index in [2.05, 4.69) is 5.32 Å². The third kappa shape index (κ3) is 3.32. The first-order valence-corrected chi connectivity index (χ1v) is 6.37. The fourth-order valence-electron chi connectivity index (χ4n) is 2.47. The van der Waals surface area contributed by atoms with Gasteiger partial charge in [0.1, 0.15) is 0 Å². The number of carboxylic acids is 1. The van der Waals surface area contributed by atoms with Crippen LogP contribution in [0, 0.1) is 0 Å². The number of nitrogens with zero attached hydrogens (tertiary/aromatic N) is 1. The number of rotatable bonds is 4. The first-order valence-electron chi connectivity index (χ1n) is 6.37. The molecule has 2 N–H and O–H groups in total. The Kier molecular flexibility index (Phi) is 4.16. The summed E-state index contributed by atoms with van der Waals surface area (Å²) in [6.07, 6.45) is 0.0391. The number of piperazine rings is 1. The van der Waals surface area contributed by atoms with Crippen LogP contribution in [0.25, 0.3) is 0 Å². The molecule has 0 aliphatic carbocycles.